The summed E-state index contributed by atoms with van der Waals surface area (Å²) in [7, 11) is -3.55. The van der Waals surface area contributed by atoms with E-state index in [9.17, 15) is 13.5 Å². The molecule has 1 unspecified atom stereocenters. The van der Waals surface area contributed by atoms with Crippen molar-refractivity contribution in [1.82, 2.24) is 4.72 Å². The normalized spacial score (nSPS) is 13.5. The van der Waals surface area contributed by atoms with Gasteiger partial charge in [-0.15, -0.1) is 0 Å². The van der Waals surface area contributed by atoms with Crippen LogP contribution in [-0.4, -0.2) is 26.2 Å². The third kappa shape index (κ3) is 4.68. The molecule has 0 saturated carbocycles. The van der Waals surface area contributed by atoms with E-state index in [1.54, 1.807) is 12.1 Å². The Morgan fingerprint density at radius 1 is 1.33 bits per heavy atom. The van der Waals surface area contributed by atoms with E-state index in [0.29, 0.717) is 6.42 Å². The van der Waals surface area contributed by atoms with Crippen LogP contribution in [0.4, 0.5) is 0 Å². The summed E-state index contributed by atoms with van der Waals surface area (Å²) in [5.41, 5.74) is 0. The zero-order valence-corrected chi connectivity index (χ0v) is 12.7. The maximum absolute atomic E-state index is 12.0. The molecule has 0 bridgehead atoms. The van der Waals surface area contributed by atoms with E-state index < -0.39 is 16.1 Å². The zero-order chi connectivity index (χ0) is 13.6. The molecule has 102 valence electrons. The fraction of sp³-hybridized carbons (Fsp3) is 0.500. The van der Waals surface area contributed by atoms with Gasteiger partial charge in [0.25, 0.3) is 0 Å². The smallest absolute Gasteiger partial charge is 0.240 e. The molecule has 2 N–H and O–H groups in total. The van der Waals surface area contributed by atoms with E-state index in [4.69, 9.17) is 0 Å². The lowest BCUT2D eigenvalue weighted by atomic mass is 10.1. The third-order valence-electron chi connectivity index (χ3n) is 2.57. The molecule has 0 aliphatic rings. The Morgan fingerprint density at radius 2 is 1.94 bits per heavy atom. The Hall–Kier alpha value is -0.430. The molecule has 1 aromatic rings. The lowest BCUT2D eigenvalue weighted by molar-refractivity contribution is 0.248. The van der Waals surface area contributed by atoms with Gasteiger partial charge in [0, 0.05) is 10.5 Å². The van der Waals surface area contributed by atoms with Gasteiger partial charge >= 0.3 is 0 Å². The average Bonchev–Trinajstić information content (AvgIpc) is 2.35. The van der Waals surface area contributed by atoms with Gasteiger partial charge in [-0.25, -0.2) is 13.1 Å². The number of sulfonamides is 1. The molecule has 0 aliphatic carbocycles. The van der Waals surface area contributed by atoms with Crippen LogP contribution in [0.3, 0.4) is 0 Å². The van der Waals surface area contributed by atoms with Crippen LogP contribution in [0.1, 0.15) is 26.2 Å². The van der Waals surface area contributed by atoms with Gasteiger partial charge in [0.05, 0.1) is 11.5 Å². The number of rotatable bonds is 7. The first-order valence-electron chi connectivity index (χ1n) is 5.88. The molecule has 0 aromatic heterocycles. The molecule has 18 heavy (non-hydrogen) atoms. The number of hydrogen-bond acceptors (Lipinski definition) is 3. The molecule has 0 radical (unpaired) electrons. The van der Waals surface area contributed by atoms with E-state index in [0.717, 1.165) is 17.3 Å². The molecule has 0 fully saturated rings. The van der Waals surface area contributed by atoms with E-state index in [1.807, 2.05) is 6.92 Å². The van der Waals surface area contributed by atoms with E-state index in [2.05, 4.69) is 20.7 Å². The predicted octanol–water partition coefficient (Wildman–Crippen LogP) is 2.28. The van der Waals surface area contributed by atoms with Crippen molar-refractivity contribution < 1.29 is 13.5 Å². The van der Waals surface area contributed by atoms with E-state index >= 15 is 0 Å². The first-order chi connectivity index (χ1) is 8.49. The van der Waals surface area contributed by atoms with Crippen LogP contribution in [-0.2, 0) is 10.0 Å². The molecule has 6 heteroatoms. The molecule has 1 atom stereocenters. The minimum absolute atomic E-state index is 0.185. The van der Waals surface area contributed by atoms with Crippen LogP contribution in [0.5, 0.6) is 0 Å². The number of aliphatic hydroxyl groups excluding tert-OH is 1. The van der Waals surface area contributed by atoms with Crippen LogP contribution >= 0.6 is 15.9 Å². The van der Waals surface area contributed by atoms with Crippen LogP contribution in [0.15, 0.2) is 33.6 Å². The number of nitrogens with one attached hydrogen (secondary N) is 1. The van der Waals surface area contributed by atoms with Crippen molar-refractivity contribution in [3.63, 3.8) is 0 Å². The quantitative estimate of drug-likeness (QED) is 0.803. The van der Waals surface area contributed by atoms with Gasteiger partial charge in [0.2, 0.25) is 10.0 Å². The van der Waals surface area contributed by atoms with Gasteiger partial charge in [-0.2, -0.15) is 0 Å². The summed E-state index contributed by atoms with van der Waals surface area (Å²) in [6, 6.07) is 5.99. The Kier molecular flexibility index (Phi) is 6.28. The summed E-state index contributed by atoms with van der Waals surface area (Å²) in [4.78, 5) is 0.209. The monoisotopic (exact) mass is 335 g/mol. The SMILES string of the molecule is CCCCC(CO)NS(=O)(=O)c1ccc(Br)cc1. The van der Waals surface area contributed by atoms with Gasteiger partial charge in [0.1, 0.15) is 0 Å². The highest BCUT2D eigenvalue weighted by Gasteiger charge is 2.18. The number of halogens is 1. The molecular weight excluding hydrogens is 318 g/mol. The molecule has 0 aliphatic heterocycles. The second kappa shape index (κ2) is 7.23. The zero-order valence-electron chi connectivity index (χ0n) is 10.3. The van der Waals surface area contributed by atoms with Gasteiger partial charge in [0.15, 0.2) is 0 Å². The molecular formula is C12H18BrNO3S. The van der Waals surface area contributed by atoms with E-state index in [-0.39, 0.29) is 11.5 Å². The summed E-state index contributed by atoms with van der Waals surface area (Å²) in [6.07, 6.45) is 2.49. The number of unbranched alkanes of at least 4 members (excludes halogenated alkanes) is 1. The first-order valence-corrected chi connectivity index (χ1v) is 8.16. The minimum Gasteiger partial charge on any atom is -0.395 e. The molecule has 0 saturated heterocycles. The van der Waals surface area contributed by atoms with Crippen LogP contribution in [0.25, 0.3) is 0 Å². The van der Waals surface area contributed by atoms with Crippen LogP contribution < -0.4 is 4.72 Å². The molecule has 0 spiro atoms. The molecule has 1 rings (SSSR count). The average molecular weight is 336 g/mol. The van der Waals surface area contributed by atoms with Crippen molar-refractivity contribution in [3.05, 3.63) is 28.7 Å². The van der Waals surface area contributed by atoms with Crippen LogP contribution in [0.2, 0.25) is 0 Å². The standard InChI is InChI=1S/C12H18BrNO3S/c1-2-3-4-11(9-15)14-18(16,17)12-7-5-10(13)6-8-12/h5-8,11,14-15H,2-4,9H2,1H3. The molecule has 0 amide bonds. The Labute approximate surface area is 117 Å². The van der Waals surface area contributed by atoms with Crippen molar-refractivity contribution in [2.24, 2.45) is 0 Å². The summed E-state index contributed by atoms with van der Waals surface area (Å²) < 4.78 is 27.4. The third-order valence-corrected chi connectivity index (χ3v) is 4.64. The maximum Gasteiger partial charge on any atom is 0.240 e. The summed E-state index contributed by atoms with van der Waals surface area (Å²) in [5, 5.41) is 9.17. The topological polar surface area (TPSA) is 66.4 Å². The summed E-state index contributed by atoms with van der Waals surface area (Å²) >= 11 is 3.26. The molecule has 1 aromatic carbocycles. The predicted molar refractivity (Wildman–Crippen MR) is 74.9 cm³/mol. The lowest BCUT2D eigenvalue weighted by Crippen LogP contribution is -2.37. The van der Waals surface area contributed by atoms with Gasteiger partial charge in [-0.05, 0) is 30.7 Å². The van der Waals surface area contributed by atoms with Crippen molar-refractivity contribution in [1.29, 1.82) is 0 Å². The first kappa shape index (κ1) is 15.6. The van der Waals surface area contributed by atoms with Crippen molar-refractivity contribution in [3.8, 4) is 0 Å². The van der Waals surface area contributed by atoms with Crippen LogP contribution in [0, 0.1) is 0 Å². The number of aliphatic hydroxyl groups is 1. The number of benzene rings is 1. The highest BCUT2D eigenvalue weighted by molar-refractivity contribution is 9.10. The maximum atomic E-state index is 12.0. The van der Waals surface area contributed by atoms with Crippen molar-refractivity contribution in [2.45, 2.75) is 37.1 Å². The Balaban J connectivity index is 2.77. The van der Waals surface area contributed by atoms with Gasteiger partial charge in [-0.1, -0.05) is 35.7 Å². The second-order valence-electron chi connectivity index (χ2n) is 4.10. The van der Waals surface area contributed by atoms with Crippen molar-refractivity contribution in [2.75, 3.05) is 6.61 Å². The van der Waals surface area contributed by atoms with E-state index in [1.165, 1.54) is 12.1 Å². The molecule has 4 nitrogen and oxygen atoms in total. The largest absolute Gasteiger partial charge is 0.395 e. The fourth-order valence-electron chi connectivity index (χ4n) is 1.54. The van der Waals surface area contributed by atoms with Gasteiger partial charge < -0.3 is 5.11 Å². The Morgan fingerprint density at radius 3 is 2.44 bits per heavy atom. The van der Waals surface area contributed by atoms with Gasteiger partial charge in [-0.3, -0.25) is 0 Å². The Bertz CT molecular complexity index is 459. The fourth-order valence-corrected chi connectivity index (χ4v) is 3.07. The highest BCUT2D eigenvalue weighted by Crippen LogP contribution is 2.15. The minimum atomic E-state index is -3.55. The highest BCUT2D eigenvalue weighted by atomic mass is 79.9. The number of hydrogen-bond donors (Lipinski definition) is 2. The summed E-state index contributed by atoms with van der Waals surface area (Å²) in [6.45, 7) is 1.84. The second-order valence-corrected chi connectivity index (χ2v) is 6.73. The van der Waals surface area contributed by atoms with Crippen molar-refractivity contribution >= 4 is 26.0 Å². The molecule has 0 heterocycles. The lowest BCUT2D eigenvalue weighted by Gasteiger charge is -2.16. The summed E-state index contributed by atoms with van der Waals surface area (Å²) in [5.74, 6) is 0.